The summed E-state index contributed by atoms with van der Waals surface area (Å²) >= 11 is 0. The average molecular weight is 859 g/mol. The fourth-order valence-corrected chi connectivity index (χ4v) is 7.52. The van der Waals surface area contributed by atoms with Crippen LogP contribution in [-0.4, -0.2) is 130 Å². The molecule has 0 unspecified atom stereocenters. The van der Waals surface area contributed by atoms with Crippen molar-refractivity contribution in [3.8, 4) is 5.75 Å². The van der Waals surface area contributed by atoms with Crippen molar-refractivity contribution in [1.82, 2.24) is 29.8 Å². The molecule has 8 rings (SSSR count). The number of carbonyl (C=O) groups is 4. The lowest BCUT2D eigenvalue weighted by Gasteiger charge is -2.27. The molecule has 3 aliphatic carbocycles. The highest BCUT2D eigenvalue weighted by atomic mass is 19.3. The van der Waals surface area contributed by atoms with Crippen LogP contribution in [0.25, 0.3) is 10.8 Å². The predicted molar refractivity (Wildman–Crippen MR) is 212 cm³/mol. The van der Waals surface area contributed by atoms with Crippen molar-refractivity contribution in [3.05, 3.63) is 69.4 Å². The van der Waals surface area contributed by atoms with Crippen LogP contribution < -0.4 is 10.3 Å². The van der Waals surface area contributed by atoms with Crippen molar-refractivity contribution in [2.45, 2.75) is 95.7 Å². The number of halogens is 5. The fraction of sp³-hybridized carbons (Fsp3) is 0.581. The number of aromatic amines is 1. The summed E-state index contributed by atoms with van der Waals surface area (Å²) in [6.07, 6.45) is 5.53. The number of amides is 4. The highest BCUT2D eigenvalue weighted by Crippen LogP contribution is 2.35. The van der Waals surface area contributed by atoms with E-state index in [4.69, 9.17) is 9.47 Å². The molecule has 2 aliphatic heterocycles. The quantitative estimate of drug-likeness (QED) is 0.284. The lowest BCUT2D eigenvalue weighted by molar-refractivity contribution is -0.137. The number of H-pyrrole nitrogens is 1. The van der Waals surface area contributed by atoms with Gasteiger partial charge in [0.15, 0.2) is 0 Å². The van der Waals surface area contributed by atoms with E-state index < -0.39 is 61.4 Å². The zero-order valence-corrected chi connectivity index (χ0v) is 34.5. The minimum Gasteiger partial charge on any atom is -0.490 e. The number of ether oxygens (including phenoxy) is 2. The molecule has 0 spiro atoms. The third kappa shape index (κ3) is 11.2. The minimum atomic E-state index is -3.32. The predicted octanol–water partition coefficient (Wildman–Crippen LogP) is 6.03. The number of hydrogen-bond donors (Lipinski definition) is 1. The largest absolute Gasteiger partial charge is 0.490 e. The summed E-state index contributed by atoms with van der Waals surface area (Å²) in [7, 11) is 0. The summed E-state index contributed by atoms with van der Waals surface area (Å²) in [5.74, 6) is -8.36. The average Bonchev–Trinajstić information content (AvgIpc) is 4.08. The summed E-state index contributed by atoms with van der Waals surface area (Å²) in [6.45, 7) is 2.11. The van der Waals surface area contributed by atoms with Crippen LogP contribution in [0.1, 0.15) is 87.3 Å². The van der Waals surface area contributed by atoms with E-state index in [0.29, 0.717) is 40.6 Å². The Morgan fingerprint density at radius 2 is 1.31 bits per heavy atom. The molecule has 1 aromatic heterocycles. The zero-order valence-electron chi connectivity index (χ0n) is 34.5. The first kappa shape index (κ1) is 43.8. The van der Waals surface area contributed by atoms with Crippen molar-refractivity contribution in [2.75, 3.05) is 52.4 Å². The summed E-state index contributed by atoms with van der Waals surface area (Å²) in [5, 5.41) is 7.67. The van der Waals surface area contributed by atoms with E-state index in [1.807, 2.05) is 0 Å². The smallest absolute Gasteiger partial charge is 0.410 e. The van der Waals surface area contributed by atoms with Crippen LogP contribution in [0.3, 0.4) is 0 Å². The van der Waals surface area contributed by atoms with Gasteiger partial charge in [-0.05, 0) is 102 Å². The second-order valence-corrected chi connectivity index (χ2v) is 17.8. The van der Waals surface area contributed by atoms with Crippen molar-refractivity contribution in [1.29, 1.82) is 0 Å². The van der Waals surface area contributed by atoms with Gasteiger partial charge in [0.05, 0.1) is 48.9 Å². The zero-order chi connectivity index (χ0) is 43.9. The van der Waals surface area contributed by atoms with Gasteiger partial charge in [-0.2, -0.15) is 5.10 Å². The number of benzene rings is 2. The Hall–Kier alpha value is -5.29. The number of aromatic nitrogens is 2. The highest BCUT2D eigenvalue weighted by Gasteiger charge is 2.45. The van der Waals surface area contributed by atoms with Crippen LogP contribution in [0.15, 0.2) is 41.2 Å². The normalized spacial score (nSPS) is 20.5. The van der Waals surface area contributed by atoms with Gasteiger partial charge in [0, 0.05) is 49.8 Å². The van der Waals surface area contributed by atoms with Crippen LogP contribution >= 0.6 is 0 Å². The number of fused-ring (bicyclic) bond motifs is 1. The second kappa shape index (κ2) is 17.2. The molecule has 5 fully saturated rings. The van der Waals surface area contributed by atoms with Crippen molar-refractivity contribution in [3.63, 3.8) is 0 Å². The van der Waals surface area contributed by atoms with Gasteiger partial charge in [-0.1, -0.05) is 6.07 Å². The Labute approximate surface area is 349 Å². The topological polar surface area (TPSA) is 145 Å². The molecule has 2 saturated heterocycles. The van der Waals surface area contributed by atoms with E-state index >= 15 is 0 Å². The van der Waals surface area contributed by atoms with Gasteiger partial charge < -0.3 is 29.1 Å². The van der Waals surface area contributed by atoms with Crippen LogP contribution in [0.2, 0.25) is 0 Å². The third-order valence-corrected chi connectivity index (χ3v) is 11.2. The monoisotopic (exact) mass is 858 g/mol. The standard InChI is InChI=1S/C29H29F3N4O4.C14H22F2N2O3/c30-24-9-4-17(13-25-22-14-20(40-19-2-1-3-19)7-8-21(22)26(37)34-33-25)12-23(24)28(39)36-11-10-35(15-29(31,32)16-36)27(38)18-5-6-18;1-13(2,3)21-12(20)18-7-6-17(8-14(15,16)9-18)11(19)10-4-5-10/h4,7-9,12,14,18-19H,1-3,5-6,10-11,13,15-16H2,(H,34,37);10H,4-9H2,1-3H3. The van der Waals surface area contributed by atoms with Gasteiger partial charge in [0.2, 0.25) is 11.8 Å². The lowest BCUT2D eigenvalue weighted by atomic mass is 9.96. The molecule has 1 N–H and O–H groups in total. The van der Waals surface area contributed by atoms with Crippen LogP contribution in [-0.2, 0) is 20.7 Å². The van der Waals surface area contributed by atoms with Crippen LogP contribution in [0, 0.1) is 17.7 Å². The summed E-state index contributed by atoms with van der Waals surface area (Å²) in [6, 6.07) is 9.12. The first-order valence-corrected chi connectivity index (χ1v) is 20.8. The number of rotatable bonds is 7. The molecule has 4 amide bonds. The molecule has 18 heteroatoms. The van der Waals surface area contributed by atoms with E-state index in [1.165, 1.54) is 17.0 Å². The van der Waals surface area contributed by atoms with Crippen LogP contribution in [0.4, 0.5) is 26.7 Å². The molecule has 3 aromatic rings. The Balaban J connectivity index is 0.000000226. The first-order chi connectivity index (χ1) is 28.7. The Morgan fingerprint density at radius 1 is 0.754 bits per heavy atom. The second-order valence-electron chi connectivity index (χ2n) is 17.8. The SMILES string of the molecule is CC(C)(C)OC(=O)N1CCN(C(=O)C2CC2)CC(F)(F)C1.O=C(c1cc(Cc2n[nH]c(=O)c3ccc(OC4CCC4)cc23)ccc1F)N1CCN(C(=O)C2CC2)CC(F)(F)C1. The van der Waals surface area contributed by atoms with Gasteiger partial charge in [0.1, 0.15) is 17.2 Å². The summed E-state index contributed by atoms with van der Waals surface area (Å²) in [5.41, 5.74) is -0.419. The minimum absolute atomic E-state index is 0.0312. The Morgan fingerprint density at radius 3 is 1.87 bits per heavy atom. The molecule has 0 bridgehead atoms. The maximum Gasteiger partial charge on any atom is 0.410 e. The van der Waals surface area contributed by atoms with Gasteiger partial charge in [0.25, 0.3) is 23.3 Å². The molecule has 61 heavy (non-hydrogen) atoms. The van der Waals surface area contributed by atoms with Gasteiger partial charge in [-0.3, -0.25) is 19.2 Å². The van der Waals surface area contributed by atoms with E-state index in [-0.39, 0.29) is 73.5 Å². The fourth-order valence-electron chi connectivity index (χ4n) is 7.52. The molecule has 3 heterocycles. The number of nitrogens with zero attached hydrogens (tertiary/aromatic N) is 5. The van der Waals surface area contributed by atoms with Gasteiger partial charge in [-0.15, -0.1) is 0 Å². The Bertz CT molecular complexity index is 2220. The highest BCUT2D eigenvalue weighted by molar-refractivity contribution is 5.95. The van der Waals surface area contributed by atoms with E-state index in [1.54, 1.807) is 39.0 Å². The lowest BCUT2D eigenvalue weighted by Crippen LogP contribution is -2.44. The first-order valence-electron chi connectivity index (χ1n) is 20.8. The third-order valence-electron chi connectivity index (χ3n) is 11.2. The van der Waals surface area contributed by atoms with Crippen molar-refractivity contribution < 1.29 is 50.6 Å². The van der Waals surface area contributed by atoms with E-state index in [0.717, 1.165) is 52.9 Å². The number of nitrogens with one attached hydrogen (secondary N) is 1. The summed E-state index contributed by atoms with van der Waals surface area (Å²) < 4.78 is 83.4. The molecular formula is C43H51F5N6O7. The maximum atomic E-state index is 14.9. The molecule has 0 radical (unpaired) electrons. The molecule has 330 valence electrons. The van der Waals surface area contributed by atoms with E-state index in [9.17, 15) is 45.9 Å². The molecular weight excluding hydrogens is 807 g/mol. The Kier molecular flexibility index (Phi) is 12.4. The number of alkyl halides is 4. The number of carbonyl (C=O) groups excluding carboxylic acids is 4. The molecule has 5 aliphatic rings. The van der Waals surface area contributed by atoms with Gasteiger partial charge >= 0.3 is 6.09 Å². The molecule has 13 nitrogen and oxygen atoms in total. The van der Waals surface area contributed by atoms with Crippen molar-refractivity contribution in [2.24, 2.45) is 11.8 Å². The maximum absolute atomic E-state index is 14.9. The molecule has 3 saturated carbocycles. The number of hydrogen-bond acceptors (Lipinski definition) is 8. The van der Waals surface area contributed by atoms with E-state index in [2.05, 4.69) is 10.2 Å². The van der Waals surface area contributed by atoms with Gasteiger partial charge in [-0.25, -0.2) is 31.8 Å². The molecule has 2 aromatic carbocycles. The summed E-state index contributed by atoms with van der Waals surface area (Å²) in [4.78, 5) is 66.2. The van der Waals surface area contributed by atoms with Crippen LogP contribution in [0.5, 0.6) is 5.75 Å². The molecule has 0 atom stereocenters. The van der Waals surface area contributed by atoms with Crippen molar-refractivity contribution >= 4 is 34.6 Å².